The predicted molar refractivity (Wildman–Crippen MR) is 84.9 cm³/mol. The van der Waals surface area contributed by atoms with Crippen molar-refractivity contribution in [3.8, 4) is 0 Å². The highest BCUT2D eigenvalue weighted by molar-refractivity contribution is 7.89. The van der Waals surface area contributed by atoms with E-state index in [1.807, 2.05) is 0 Å². The second-order valence-electron chi connectivity index (χ2n) is 5.00. The summed E-state index contributed by atoms with van der Waals surface area (Å²) in [5.41, 5.74) is 0. The smallest absolute Gasteiger partial charge is 0.349 e. The number of hydrogen-bond acceptors (Lipinski definition) is 7. The van der Waals surface area contributed by atoms with Gasteiger partial charge in [-0.3, -0.25) is 4.79 Å². The van der Waals surface area contributed by atoms with Gasteiger partial charge in [0.15, 0.2) is 0 Å². The maximum absolute atomic E-state index is 12.6. The third kappa shape index (κ3) is 3.89. The second kappa shape index (κ2) is 7.39. The van der Waals surface area contributed by atoms with Crippen LogP contribution in [-0.4, -0.2) is 76.4 Å². The van der Waals surface area contributed by atoms with Gasteiger partial charge in [0.05, 0.1) is 13.7 Å². The molecule has 0 saturated carbocycles. The summed E-state index contributed by atoms with van der Waals surface area (Å²) in [6.45, 7) is 2.23. The summed E-state index contributed by atoms with van der Waals surface area (Å²) in [5, 5.41) is 4.63. The lowest BCUT2D eigenvalue weighted by molar-refractivity contribution is -0.131. The molecule has 1 aromatic rings. The number of esters is 1. The van der Waals surface area contributed by atoms with E-state index in [1.54, 1.807) is 4.90 Å². The minimum atomic E-state index is -3.94. The third-order valence-electron chi connectivity index (χ3n) is 3.52. The van der Waals surface area contributed by atoms with Crippen LogP contribution in [0.3, 0.4) is 0 Å². The molecule has 128 valence electrons. The molecule has 1 aliphatic rings. The lowest BCUT2D eigenvalue weighted by Crippen LogP contribution is -2.49. The molecule has 0 unspecified atom stereocenters. The van der Waals surface area contributed by atoms with Gasteiger partial charge in [0.25, 0.3) is 0 Å². The molecule has 1 amide bonds. The Labute approximate surface area is 139 Å². The molecule has 0 radical (unpaired) electrons. The van der Waals surface area contributed by atoms with E-state index in [1.165, 1.54) is 25.6 Å². The summed E-state index contributed by atoms with van der Waals surface area (Å²) in [5.74, 6) is -0.965. The molecule has 23 heavy (non-hydrogen) atoms. The standard InChI is InChI=1S/C13H19N3O5S2/c1-15(9-11(17)16-6-4-14-5-7-16)23(19,20)10-3-8-22-12(10)13(18)21-2/h3,8,14H,4-7,9H2,1-2H3. The van der Waals surface area contributed by atoms with Crippen LogP contribution in [0.5, 0.6) is 0 Å². The van der Waals surface area contributed by atoms with E-state index in [-0.39, 0.29) is 22.2 Å². The number of likely N-dealkylation sites (N-methyl/N-ethyl adjacent to an activating group) is 1. The highest BCUT2D eigenvalue weighted by atomic mass is 32.2. The summed E-state index contributed by atoms with van der Waals surface area (Å²) >= 11 is 0.989. The van der Waals surface area contributed by atoms with Gasteiger partial charge in [-0.1, -0.05) is 0 Å². The molecule has 8 nitrogen and oxygen atoms in total. The fourth-order valence-electron chi connectivity index (χ4n) is 2.20. The summed E-state index contributed by atoms with van der Waals surface area (Å²) in [4.78, 5) is 25.4. The Morgan fingerprint density at radius 3 is 2.65 bits per heavy atom. The van der Waals surface area contributed by atoms with Gasteiger partial charge in [0.2, 0.25) is 15.9 Å². The molecule has 0 spiro atoms. The van der Waals surface area contributed by atoms with E-state index < -0.39 is 16.0 Å². The zero-order valence-electron chi connectivity index (χ0n) is 12.9. The minimum absolute atomic E-state index is 0.00831. The predicted octanol–water partition coefficient (Wildman–Crippen LogP) is -0.413. The van der Waals surface area contributed by atoms with Gasteiger partial charge in [0.1, 0.15) is 9.77 Å². The molecule has 10 heteroatoms. The van der Waals surface area contributed by atoms with E-state index in [9.17, 15) is 18.0 Å². The van der Waals surface area contributed by atoms with E-state index in [0.717, 1.165) is 15.6 Å². The van der Waals surface area contributed by atoms with Crippen LogP contribution in [0, 0.1) is 0 Å². The normalized spacial score (nSPS) is 15.7. The number of thiophene rings is 1. The Balaban J connectivity index is 2.14. The number of methoxy groups -OCH3 is 1. The fraction of sp³-hybridized carbons (Fsp3) is 0.538. The molecule has 1 aliphatic heterocycles. The average Bonchev–Trinajstić information content (AvgIpc) is 3.05. The maximum Gasteiger partial charge on any atom is 0.349 e. The molecular weight excluding hydrogens is 342 g/mol. The summed E-state index contributed by atoms with van der Waals surface area (Å²) < 4.78 is 30.7. The maximum atomic E-state index is 12.6. The van der Waals surface area contributed by atoms with E-state index in [0.29, 0.717) is 26.2 Å². The Hall–Kier alpha value is -1.49. The van der Waals surface area contributed by atoms with E-state index in [4.69, 9.17) is 0 Å². The zero-order valence-corrected chi connectivity index (χ0v) is 14.6. The number of amides is 1. The first kappa shape index (κ1) is 17.9. The van der Waals surface area contributed by atoms with Gasteiger partial charge in [-0.05, 0) is 11.4 Å². The summed E-state index contributed by atoms with van der Waals surface area (Å²) in [6, 6.07) is 1.35. The molecule has 1 saturated heterocycles. The number of nitrogens with one attached hydrogen (secondary N) is 1. The summed E-state index contributed by atoms with van der Waals surface area (Å²) in [6.07, 6.45) is 0. The zero-order chi connectivity index (χ0) is 17.0. The number of sulfonamides is 1. The first-order valence-electron chi connectivity index (χ1n) is 6.98. The quantitative estimate of drug-likeness (QED) is 0.716. The van der Waals surface area contributed by atoms with E-state index in [2.05, 4.69) is 10.1 Å². The van der Waals surface area contributed by atoms with Crippen molar-refractivity contribution in [2.75, 3.05) is 46.9 Å². The minimum Gasteiger partial charge on any atom is -0.465 e. The molecule has 2 rings (SSSR count). The Kier molecular flexibility index (Phi) is 5.74. The number of ether oxygens (including phenoxy) is 1. The van der Waals surface area contributed by atoms with Gasteiger partial charge in [-0.25, -0.2) is 13.2 Å². The molecule has 0 aliphatic carbocycles. The topological polar surface area (TPSA) is 96.0 Å². The average molecular weight is 361 g/mol. The largest absolute Gasteiger partial charge is 0.465 e. The lowest BCUT2D eigenvalue weighted by Gasteiger charge is -2.29. The van der Waals surface area contributed by atoms with Gasteiger partial charge in [-0.2, -0.15) is 4.31 Å². The van der Waals surface area contributed by atoms with Crippen molar-refractivity contribution in [3.05, 3.63) is 16.3 Å². The molecule has 1 aromatic heterocycles. The van der Waals surface area contributed by atoms with Gasteiger partial charge >= 0.3 is 5.97 Å². The molecule has 0 bridgehead atoms. The van der Waals surface area contributed by atoms with Gasteiger partial charge in [0, 0.05) is 33.2 Å². The van der Waals surface area contributed by atoms with Crippen LogP contribution >= 0.6 is 11.3 Å². The molecular formula is C13H19N3O5S2. The number of nitrogens with zero attached hydrogens (tertiary/aromatic N) is 2. The fourth-order valence-corrected chi connectivity index (χ4v) is 4.62. The van der Waals surface area contributed by atoms with Crippen molar-refractivity contribution < 1.29 is 22.7 Å². The van der Waals surface area contributed by atoms with Crippen LogP contribution in [0.15, 0.2) is 16.3 Å². The van der Waals surface area contributed by atoms with Crippen LogP contribution in [-0.2, 0) is 19.6 Å². The molecule has 1 N–H and O–H groups in total. The summed E-state index contributed by atoms with van der Waals surface area (Å²) in [7, 11) is -1.42. The first-order valence-corrected chi connectivity index (χ1v) is 9.30. The van der Waals surface area contributed by atoms with Crippen LogP contribution in [0.2, 0.25) is 0 Å². The van der Waals surface area contributed by atoms with Crippen LogP contribution in [0.1, 0.15) is 9.67 Å². The number of hydrogen-bond donors (Lipinski definition) is 1. The molecule has 1 fully saturated rings. The van der Waals surface area contributed by atoms with Crippen molar-refractivity contribution in [3.63, 3.8) is 0 Å². The van der Waals surface area contributed by atoms with Crippen molar-refractivity contribution in [1.82, 2.24) is 14.5 Å². The van der Waals surface area contributed by atoms with Gasteiger partial charge < -0.3 is 15.0 Å². The van der Waals surface area contributed by atoms with Crippen LogP contribution < -0.4 is 5.32 Å². The first-order chi connectivity index (χ1) is 10.9. The second-order valence-corrected chi connectivity index (χ2v) is 7.93. The highest BCUT2D eigenvalue weighted by Crippen LogP contribution is 2.25. The monoisotopic (exact) mass is 361 g/mol. The number of carbonyl (C=O) groups excluding carboxylic acids is 2. The SMILES string of the molecule is COC(=O)c1sccc1S(=O)(=O)N(C)CC(=O)N1CCNCC1. The Morgan fingerprint density at radius 2 is 2.04 bits per heavy atom. The van der Waals surface area contributed by atoms with Crippen LogP contribution in [0.4, 0.5) is 0 Å². The van der Waals surface area contributed by atoms with Crippen molar-refractivity contribution in [2.45, 2.75) is 4.90 Å². The van der Waals surface area contributed by atoms with E-state index >= 15 is 0 Å². The number of carbonyl (C=O) groups is 2. The van der Waals surface area contributed by atoms with Crippen LogP contribution in [0.25, 0.3) is 0 Å². The van der Waals surface area contributed by atoms with Crippen molar-refractivity contribution in [1.29, 1.82) is 0 Å². The molecule has 0 aromatic carbocycles. The van der Waals surface area contributed by atoms with Crippen molar-refractivity contribution in [2.24, 2.45) is 0 Å². The Morgan fingerprint density at radius 1 is 1.39 bits per heavy atom. The van der Waals surface area contributed by atoms with Gasteiger partial charge in [-0.15, -0.1) is 11.3 Å². The number of rotatable bonds is 5. The number of piperazine rings is 1. The lowest BCUT2D eigenvalue weighted by atomic mass is 10.3. The highest BCUT2D eigenvalue weighted by Gasteiger charge is 2.30. The van der Waals surface area contributed by atoms with Crippen molar-refractivity contribution >= 4 is 33.2 Å². The molecule has 0 atom stereocenters. The third-order valence-corrected chi connectivity index (χ3v) is 6.39. The molecule has 2 heterocycles. The Bertz CT molecular complexity index is 680.